The van der Waals surface area contributed by atoms with E-state index in [1.807, 2.05) is 12.1 Å². The van der Waals surface area contributed by atoms with Gasteiger partial charge in [-0.05, 0) is 42.7 Å². The van der Waals surface area contributed by atoms with Crippen LogP contribution in [0.15, 0.2) is 42.5 Å². The summed E-state index contributed by atoms with van der Waals surface area (Å²) in [6.07, 6.45) is 0.848. The fourth-order valence-electron chi connectivity index (χ4n) is 2.26. The maximum absolute atomic E-state index is 13.3. The molecule has 0 fully saturated rings. The van der Waals surface area contributed by atoms with E-state index < -0.39 is 5.82 Å². The first-order chi connectivity index (χ1) is 11.0. The molecule has 4 nitrogen and oxygen atoms in total. The SMILES string of the molecule is CNC(=O)CCc1ccccc1NC(=O)c1cc(F)ccc1C. The van der Waals surface area contributed by atoms with Gasteiger partial charge < -0.3 is 10.6 Å². The number of rotatable bonds is 5. The van der Waals surface area contributed by atoms with Crippen LogP contribution in [-0.2, 0) is 11.2 Å². The van der Waals surface area contributed by atoms with E-state index in [0.29, 0.717) is 29.7 Å². The van der Waals surface area contributed by atoms with Crippen molar-refractivity contribution in [2.24, 2.45) is 0 Å². The average molecular weight is 314 g/mol. The lowest BCUT2D eigenvalue weighted by Gasteiger charge is -2.12. The molecule has 0 saturated carbocycles. The number of carbonyl (C=O) groups excluding carboxylic acids is 2. The van der Waals surface area contributed by atoms with Crippen LogP contribution in [0.2, 0.25) is 0 Å². The fourth-order valence-corrected chi connectivity index (χ4v) is 2.26. The molecule has 0 atom stereocenters. The lowest BCUT2D eigenvalue weighted by atomic mass is 10.1. The molecule has 0 aliphatic carbocycles. The molecule has 0 heterocycles. The average Bonchev–Trinajstić information content (AvgIpc) is 2.55. The van der Waals surface area contributed by atoms with Gasteiger partial charge in [0, 0.05) is 24.7 Å². The summed E-state index contributed by atoms with van der Waals surface area (Å²) in [4.78, 5) is 23.8. The van der Waals surface area contributed by atoms with E-state index in [4.69, 9.17) is 0 Å². The highest BCUT2D eigenvalue weighted by Crippen LogP contribution is 2.19. The summed E-state index contributed by atoms with van der Waals surface area (Å²) >= 11 is 0. The second kappa shape index (κ2) is 7.54. The number of carbonyl (C=O) groups is 2. The Labute approximate surface area is 134 Å². The quantitative estimate of drug-likeness (QED) is 0.891. The standard InChI is InChI=1S/C18H19FN2O2/c1-12-7-9-14(19)11-15(12)18(23)21-16-6-4-3-5-13(16)8-10-17(22)20-2/h3-7,9,11H,8,10H2,1-2H3,(H,20,22)(H,21,23). The first kappa shape index (κ1) is 16.7. The molecule has 0 radical (unpaired) electrons. The molecular weight excluding hydrogens is 295 g/mol. The number of benzene rings is 2. The lowest BCUT2D eigenvalue weighted by Crippen LogP contribution is -2.19. The minimum absolute atomic E-state index is 0.0629. The number of para-hydroxylation sites is 1. The van der Waals surface area contributed by atoms with E-state index in [-0.39, 0.29) is 11.8 Å². The molecule has 0 bridgehead atoms. The normalized spacial score (nSPS) is 10.2. The number of hydrogen-bond donors (Lipinski definition) is 2. The molecule has 0 spiro atoms. The molecule has 2 amide bonds. The van der Waals surface area contributed by atoms with Crippen LogP contribution < -0.4 is 10.6 Å². The highest BCUT2D eigenvalue weighted by Gasteiger charge is 2.12. The van der Waals surface area contributed by atoms with Crippen molar-refractivity contribution in [3.05, 3.63) is 65.0 Å². The van der Waals surface area contributed by atoms with E-state index in [2.05, 4.69) is 10.6 Å². The Hall–Kier alpha value is -2.69. The van der Waals surface area contributed by atoms with Crippen LogP contribution in [0.25, 0.3) is 0 Å². The summed E-state index contributed by atoms with van der Waals surface area (Å²) in [6, 6.07) is 11.4. The molecule has 2 rings (SSSR count). The fraction of sp³-hybridized carbons (Fsp3) is 0.222. The molecular formula is C18H19FN2O2. The van der Waals surface area contributed by atoms with Crippen molar-refractivity contribution >= 4 is 17.5 Å². The van der Waals surface area contributed by atoms with Gasteiger partial charge in [-0.3, -0.25) is 9.59 Å². The maximum Gasteiger partial charge on any atom is 0.256 e. The predicted molar refractivity (Wildman–Crippen MR) is 87.9 cm³/mol. The third-order valence-electron chi connectivity index (χ3n) is 3.61. The molecule has 0 aliphatic rings. The summed E-state index contributed by atoms with van der Waals surface area (Å²) in [5.74, 6) is -0.879. The van der Waals surface area contributed by atoms with Crippen molar-refractivity contribution in [3.8, 4) is 0 Å². The van der Waals surface area contributed by atoms with Crippen molar-refractivity contribution in [2.75, 3.05) is 12.4 Å². The number of aryl methyl sites for hydroxylation is 2. The summed E-state index contributed by atoms with van der Waals surface area (Å²) in [7, 11) is 1.59. The zero-order chi connectivity index (χ0) is 16.8. The van der Waals surface area contributed by atoms with Gasteiger partial charge in [0.15, 0.2) is 0 Å². The van der Waals surface area contributed by atoms with Crippen molar-refractivity contribution in [1.29, 1.82) is 0 Å². The number of nitrogens with one attached hydrogen (secondary N) is 2. The van der Waals surface area contributed by atoms with Gasteiger partial charge in [0.25, 0.3) is 5.91 Å². The Bertz CT molecular complexity index is 729. The van der Waals surface area contributed by atoms with Crippen LogP contribution >= 0.6 is 0 Å². The molecule has 120 valence electrons. The van der Waals surface area contributed by atoms with Gasteiger partial charge in [0.05, 0.1) is 0 Å². The number of anilines is 1. The van der Waals surface area contributed by atoms with Gasteiger partial charge in [-0.2, -0.15) is 0 Å². The molecule has 0 aromatic heterocycles. The first-order valence-electron chi connectivity index (χ1n) is 7.37. The molecule has 2 N–H and O–H groups in total. The molecule has 2 aromatic carbocycles. The van der Waals surface area contributed by atoms with Gasteiger partial charge >= 0.3 is 0 Å². The van der Waals surface area contributed by atoms with Gasteiger partial charge in [-0.1, -0.05) is 24.3 Å². The summed E-state index contributed by atoms with van der Waals surface area (Å²) in [5, 5.41) is 5.37. The smallest absolute Gasteiger partial charge is 0.256 e. The van der Waals surface area contributed by atoms with Crippen LogP contribution in [0, 0.1) is 12.7 Å². The summed E-state index contributed by atoms with van der Waals surface area (Å²) < 4.78 is 13.3. The third kappa shape index (κ3) is 4.39. The van der Waals surface area contributed by atoms with Gasteiger partial charge in [0.1, 0.15) is 5.82 Å². The topological polar surface area (TPSA) is 58.2 Å². The van der Waals surface area contributed by atoms with E-state index in [0.717, 1.165) is 5.56 Å². The van der Waals surface area contributed by atoms with Crippen molar-refractivity contribution in [1.82, 2.24) is 5.32 Å². The van der Waals surface area contributed by atoms with Crippen molar-refractivity contribution in [2.45, 2.75) is 19.8 Å². The molecule has 5 heteroatoms. The van der Waals surface area contributed by atoms with Crippen molar-refractivity contribution in [3.63, 3.8) is 0 Å². The summed E-state index contributed by atoms with van der Waals surface area (Å²) in [6.45, 7) is 1.76. The van der Waals surface area contributed by atoms with E-state index in [1.54, 1.807) is 32.2 Å². The highest BCUT2D eigenvalue weighted by molar-refractivity contribution is 6.05. The zero-order valence-electron chi connectivity index (χ0n) is 13.2. The van der Waals surface area contributed by atoms with Gasteiger partial charge in [-0.25, -0.2) is 4.39 Å². The van der Waals surface area contributed by atoms with Crippen molar-refractivity contribution < 1.29 is 14.0 Å². The van der Waals surface area contributed by atoms with E-state index >= 15 is 0 Å². The number of hydrogen-bond acceptors (Lipinski definition) is 2. The van der Waals surface area contributed by atoms with Crippen LogP contribution in [0.1, 0.15) is 27.9 Å². The Morgan fingerprint density at radius 2 is 1.87 bits per heavy atom. The van der Waals surface area contributed by atoms with Crippen LogP contribution in [-0.4, -0.2) is 18.9 Å². The third-order valence-corrected chi connectivity index (χ3v) is 3.61. The second-order valence-electron chi connectivity index (χ2n) is 5.24. The predicted octanol–water partition coefficient (Wildman–Crippen LogP) is 3.07. The molecule has 0 saturated heterocycles. The Kier molecular flexibility index (Phi) is 5.46. The Balaban J connectivity index is 2.18. The van der Waals surface area contributed by atoms with Crippen LogP contribution in [0.5, 0.6) is 0 Å². The monoisotopic (exact) mass is 314 g/mol. The molecule has 0 unspecified atom stereocenters. The minimum Gasteiger partial charge on any atom is -0.359 e. The first-order valence-corrected chi connectivity index (χ1v) is 7.37. The Morgan fingerprint density at radius 1 is 1.13 bits per heavy atom. The van der Waals surface area contributed by atoms with Gasteiger partial charge in [-0.15, -0.1) is 0 Å². The lowest BCUT2D eigenvalue weighted by molar-refractivity contribution is -0.120. The largest absolute Gasteiger partial charge is 0.359 e. The number of halogens is 1. The number of amides is 2. The molecule has 0 aliphatic heterocycles. The van der Waals surface area contributed by atoms with E-state index in [9.17, 15) is 14.0 Å². The zero-order valence-corrected chi connectivity index (χ0v) is 13.2. The Morgan fingerprint density at radius 3 is 2.61 bits per heavy atom. The summed E-state index contributed by atoms with van der Waals surface area (Å²) in [5.41, 5.74) is 2.49. The molecule has 23 heavy (non-hydrogen) atoms. The van der Waals surface area contributed by atoms with E-state index in [1.165, 1.54) is 12.1 Å². The maximum atomic E-state index is 13.3. The minimum atomic E-state index is -0.450. The highest BCUT2D eigenvalue weighted by atomic mass is 19.1. The van der Waals surface area contributed by atoms with Crippen LogP contribution in [0.4, 0.5) is 10.1 Å². The van der Waals surface area contributed by atoms with Crippen LogP contribution in [0.3, 0.4) is 0 Å². The molecule has 2 aromatic rings. The van der Waals surface area contributed by atoms with Gasteiger partial charge in [0.2, 0.25) is 5.91 Å². The second-order valence-corrected chi connectivity index (χ2v) is 5.24.